The molecule has 0 saturated carbocycles. The van der Waals surface area contributed by atoms with E-state index in [1.54, 1.807) is 30.3 Å². The second-order valence-corrected chi connectivity index (χ2v) is 4.73. The van der Waals surface area contributed by atoms with E-state index in [-0.39, 0.29) is 12.2 Å². The smallest absolute Gasteiger partial charge is 0.194 e. The predicted octanol–water partition coefficient (Wildman–Crippen LogP) is 4.10. The molecule has 1 unspecified atom stereocenters. The molecule has 0 spiro atoms. The van der Waals surface area contributed by atoms with Crippen LogP contribution in [0.5, 0.6) is 0 Å². The topological polar surface area (TPSA) is 29.5 Å². The molecule has 1 atom stereocenters. The first-order valence-electron chi connectivity index (χ1n) is 6.02. The van der Waals surface area contributed by atoms with Crippen LogP contribution in [-0.4, -0.2) is 16.8 Å². The number of aliphatic hydroxyl groups excluding tert-OH is 1. The van der Waals surface area contributed by atoms with E-state index in [4.69, 9.17) is 9.84 Å². The Kier molecular flexibility index (Phi) is 4.93. The molecule has 2 aromatic rings. The summed E-state index contributed by atoms with van der Waals surface area (Å²) >= 11 is 4.50. The number of halogens is 3. The molecule has 0 aromatic heterocycles. The Bertz CT molecular complexity index is 647. The minimum atomic E-state index is -1.57. The van der Waals surface area contributed by atoms with Crippen molar-refractivity contribution in [1.82, 2.24) is 0 Å². The summed E-state index contributed by atoms with van der Waals surface area (Å²) in [5.41, 5.74) is 0.356. The van der Waals surface area contributed by atoms with Gasteiger partial charge in [0.05, 0.1) is 0 Å². The molecular weight excluding hydrogens is 301 g/mol. The van der Waals surface area contributed by atoms with Gasteiger partial charge in [0.25, 0.3) is 0 Å². The van der Waals surface area contributed by atoms with E-state index in [2.05, 4.69) is 12.2 Å². The number of rotatable bonds is 5. The van der Waals surface area contributed by atoms with E-state index >= 15 is 0 Å². The van der Waals surface area contributed by atoms with Crippen LogP contribution in [0.25, 0.3) is 0 Å². The van der Waals surface area contributed by atoms with Crippen LogP contribution in [0, 0.1) is 17.5 Å². The van der Waals surface area contributed by atoms with Gasteiger partial charge >= 0.3 is 0 Å². The van der Waals surface area contributed by atoms with Crippen LogP contribution < -0.4 is 0 Å². The summed E-state index contributed by atoms with van der Waals surface area (Å²) in [7, 11) is 0. The maximum atomic E-state index is 13.9. The lowest BCUT2D eigenvalue weighted by Crippen LogP contribution is -2.14. The molecule has 0 aliphatic rings. The fourth-order valence-electron chi connectivity index (χ4n) is 1.89. The Labute approximate surface area is 124 Å². The molecular formula is C15H11F3O2S. The van der Waals surface area contributed by atoms with Crippen molar-refractivity contribution in [2.75, 3.05) is 6.61 Å². The highest BCUT2D eigenvalue weighted by Crippen LogP contribution is 2.29. The van der Waals surface area contributed by atoms with E-state index in [1.807, 2.05) is 0 Å². The van der Waals surface area contributed by atoms with Crippen molar-refractivity contribution >= 4 is 17.3 Å². The maximum absolute atomic E-state index is 13.9. The third kappa shape index (κ3) is 3.59. The number of ether oxygens (including phenoxy) is 1. The molecule has 110 valence electrons. The summed E-state index contributed by atoms with van der Waals surface area (Å²) in [4.78, 5) is 0. The van der Waals surface area contributed by atoms with E-state index < -0.39 is 28.6 Å². The molecule has 1 N–H and O–H groups in total. The highest BCUT2D eigenvalue weighted by Gasteiger charge is 2.23. The first-order chi connectivity index (χ1) is 10.0. The summed E-state index contributed by atoms with van der Waals surface area (Å²) in [6.45, 7) is -0.326. The van der Waals surface area contributed by atoms with E-state index in [0.29, 0.717) is 5.56 Å². The van der Waals surface area contributed by atoms with Crippen LogP contribution in [-0.2, 0) is 4.74 Å². The third-order valence-electron chi connectivity index (χ3n) is 2.82. The Morgan fingerprint density at radius 2 is 1.71 bits per heavy atom. The zero-order valence-electron chi connectivity index (χ0n) is 10.7. The fourth-order valence-corrected chi connectivity index (χ4v) is 1.96. The van der Waals surface area contributed by atoms with Gasteiger partial charge in [-0.2, -0.15) is 0 Å². The summed E-state index contributed by atoms with van der Waals surface area (Å²) in [6.07, 6.45) is -1.01. The third-order valence-corrected chi connectivity index (χ3v) is 2.94. The predicted molar refractivity (Wildman–Crippen MR) is 75.8 cm³/mol. The summed E-state index contributed by atoms with van der Waals surface area (Å²) in [6, 6.07) is 10.4. The molecule has 0 bridgehead atoms. The quantitative estimate of drug-likeness (QED) is 0.666. The second-order valence-electron chi connectivity index (χ2n) is 4.26. The normalized spacial score (nSPS) is 12.1. The van der Waals surface area contributed by atoms with Crippen molar-refractivity contribution in [3.8, 4) is 0 Å². The lowest BCUT2D eigenvalue weighted by atomic mass is 10.0. The summed E-state index contributed by atoms with van der Waals surface area (Å²) in [5, 5.41) is 8.62. The largest absolute Gasteiger partial charge is 0.500 e. The first kappa shape index (κ1) is 15.5. The molecule has 0 heterocycles. The summed E-state index contributed by atoms with van der Waals surface area (Å²) < 4.78 is 45.7. The molecule has 6 heteroatoms. The number of aliphatic hydroxyl groups is 1. The molecule has 0 aliphatic heterocycles. The van der Waals surface area contributed by atoms with Gasteiger partial charge in [0, 0.05) is 5.56 Å². The minimum Gasteiger partial charge on any atom is -0.500 e. The minimum absolute atomic E-state index is 0.170. The molecule has 2 aromatic carbocycles. The zero-order valence-corrected chi connectivity index (χ0v) is 11.5. The van der Waals surface area contributed by atoms with Gasteiger partial charge in [0.1, 0.15) is 12.7 Å². The standard InChI is InChI=1S/C15H11F3O2S/c16-11-7-6-10(13(17)14(11)18)15(20-8-12(19)21)9-4-2-1-3-5-9/h1-7,15H,8H2,(H,19,21). The van der Waals surface area contributed by atoms with Crippen LogP contribution in [0.15, 0.2) is 42.5 Å². The number of thiocarbonyl (C=S) groups is 1. The molecule has 0 fully saturated rings. The number of hydrogen-bond acceptors (Lipinski definition) is 2. The van der Waals surface area contributed by atoms with Crippen LogP contribution in [0.1, 0.15) is 17.2 Å². The van der Waals surface area contributed by atoms with Crippen molar-refractivity contribution in [3.63, 3.8) is 0 Å². The Morgan fingerprint density at radius 3 is 2.33 bits per heavy atom. The van der Waals surface area contributed by atoms with Gasteiger partial charge in [0.2, 0.25) is 0 Å². The summed E-state index contributed by atoms with van der Waals surface area (Å²) in [5.74, 6) is -4.17. The average Bonchev–Trinajstić information content (AvgIpc) is 2.48. The van der Waals surface area contributed by atoms with Gasteiger partial charge in [-0.25, -0.2) is 13.2 Å². The highest BCUT2D eigenvalue weighted by atomic mass is 32.1. The van der Waals surface area contributed by atoms with E-state index in [9.17, 15) is 13.2 Å². The van der Waals surface area contributed by atoms with Crippen molar-refractivity contribution in [1.29, 1.82) is 0 Å². The molecule has 2 rings (SSSR count). The number of hydrogen-bond donors (Lipinski definition) is 1. The van der Waals surface area contributed by atoms with Gasteiger partial charge in [-0.1, -0.05) is 36.4 Å². The lowest BCUT2D eigenvalue weighted by molar-refractivity contribution is 0.102. The maximum Gasteiger partial charge on any atom is 0.194 e. The van der Waals surface area contributed by atoms with Gasteiger partial charge < -0.3 is 9.84 Å². The van der Waals surface area contributed by atoms with E-state index in [1.165, 1.54) is 0 Å². The first-order valence-corrected chi connectivity index (χ1v) is 6.43. The lowest BCUT2D eigenvalue weighted by Gasteiger charge is -2.19. The van der Waals surface area contributed by atoms with Crippen LogP contribution >= 0.6 is 12.2 Å². The molecule has 0 aliphatic carbocycles. The van der Waals surface area contributed by atoms with Crippen molar-refractivity contribution in [2.24, 2.45) is 0 Å². The molecule has 21 heavy (non-hydrogen) atoms. The van der Waals surface area contributed by atoms with Gasteiger partial charge in [-0.15, -0.1) is 0 Å². The molecule has 2 nitrogen and oxygen atoms in total. The zero-order chi connectivity index (χ0) is 15.4. The van der Waals surface area contributed by atoms with Gasteiger partial charge in [-0.05, 0) is 23.8 Å². The van der Waals surface area contributed by atoms with Crippen molar-refractivity contribution in [3.05, 3.63) is 71.0 Å². The van der Waals surface area contributed by atoms with Crippen molar-refractivity contribution in [2.45, 2.75) is 6.10 Å². The molecule has 0 radical (unpaired) electrons. The van der Waals surface area contributed by atoms with Crippen molar-refractivity contribution < 1.29 is 23.0 Å². The monoisotopic (exact) mass is 312 g/mol. The van der Waals surface area contributed by atoms with E-state index in [0.717, 1.165) is 12.1 Å². The molecule has 0 amide bonds. The second kappa shape index (κ2) is 6.69. The SMILES string of the molecule is OC(=S)COC(c1ccccc1)c1ccc(F)c(F)c1F. The Hall–Kier alpha value is -1.92. The van der Waals surface area contributed by atoms with Gasteiger partial charge in [-0.3, -0.25) is 0 Å². The highest BCUT2D eigenvalue weighted by molar-refractivity contribution is 7.80. The Balaban J connectivity index is 2.45. The van der Waals surface area contributed by atoms with Crippen LogP contribution in [0.4, 0.5) is 13.2 Å². The molecule has 0 saturated heterocycles. The van der Waals surface area contributed by atoms with Crippen LogP contribution in [0.2, 0.25) is 0 Å². The fraction of sp³-hybridized carbons (Fsp3) is 0.133. The average molecular weight is 312 g/mol. The van der Waals surface area contributed by atoms with Gasteiger partial charge in [0.15, 0.2) is 22.5 Å². The van der Waals surface area contributed by atoms with Crippen LogP contribution in [0.3, 0.4) is 0 Å². The Morgan fingerprint density at radius 1 is 1.05 bits per heavy atom. The number of benzene rings is 2.